The smallest absolute Gasteiger partial charge is 0.410 e. The number of nitrogens with zero attached hydrogens (tertiary/aromatic N) is 3. The number of hydrogen-bond donors (Lipinski definition) is 1. The van der Waals surface area contributed by atoms with Gasteiger partial charge in [-0.2, -0.15) is 0 Å². The summed E-state index contributed by atoms with van der Waals surface area (Å²) < 4.78 is 11.3. The Morgan fingerprint density at radius 1 is 1.00 bits per heavy atom. The number of benzene rings is 3. The summed E-state index contributed by atoms with van der Waals surface area (Å²) >= 11 is 6.12. The monoisotopic (exact) mass is 548 g/mol. The first kappa shape index (κ1) is 27.7. The van der Waals surface area contributed by atoms with Gasteiger partial charge in [0.2, 0.25) is 5.15 Å². The highest BCUT2D eigenvalue weighted by Gasteiger charge is 2.23. The lowest BCUT2D eigenvalue weighted by atomic mass is 10.1. The Bertz CT molecular complexity index is 1490. The van der Waals surface area contributed by atoms with Crippen molar-refractivity contribution >= 4 is 40.0 Å². The molecule has 1 heterocycles. The molecule has 0 aliphatic carbocycles. The fraction of sp³-hybridized carbons (Fsp3) is 0.241. The Morgan fingerprint density at radius 2 is 1.59 bits per heavy atom. The Kier molecular flexibility index (Phi) is 8.21. The number of amides is 1. The van der Waals surface area contributed by atoms with Gasteiger partial charge < -0.3 is 19.7 Å². The number of nitro groups is 1. The van der Waals surface area contributed by atoms with E-state index in [1.165, 1.54) is 4.90 Å². The Morgan fingerprint density at radius 3 is 2.18 bits per heavy atom. The second-order valence-electron chi connectivity index (χ2n) is 9.98. The maximum absolute atomic E-state index is 12.2. The Balaban J connectivity index is 1.38. The van der Waals surface area contributed by atoms with Gasteiger partial charge in [0, 0.05) is 25.5 Å². The van der Waals surface area contributed by atoms with Crippen molar-refractivity contribution in [1.82, 2.24) is 9.88 Å². The normalized spacial score (nSPS) is 11.2. The lowest BCUT2D eigenvalue weighted by Crippen LogP contribution is -2.33. The van der Waals surface area contributed by atoms with Crippen molar-refractivity contribution in [3.63, 3.8) is 0 Å². The average molecular weight is 549 g/mol. The minimum atomic E-state index is -0.548. The fourth-order valence-corrected chi connectivity index (χ4v) is 4.12. The van der Waals surface area contributed by atoms with Crippen molar-refractivity contribution in [3.05, 3.63) is 99.2 Å². The summed E-state index contributed by atoms with van der Waals surface area (Å²) in [7, 11) is 1.69. The van der Waals surface area contributed by atoms with Crippen LogP contribution in [0, 0.1) is 10.1 Å². The molecule has 0 unspecified atom stereocenters. The van der Waals surface area contributed by atoms with E-state index in [1.807, 2.05) is 69.3 Å². The molecule has 0 saturated carbocycles. The molecule has 0 bridgehead atoms. The van der Waals surface area contributed by atoms with E-state index in [0.29, 0.717) is 41.2 Å². The van der Waals surface area contributed by atoms with Crippen LogP contribution < -0.4 is 10.1 Å². The van der Waals surface area contributed by atoms with Crippen molar-refractivity contribution in [2.45, 2.75) is 39.5 Å². The average Bonchev–Trinajstić information content (AvgIpc) is 2.87. The van der Waals surface area contributed by atoms with E-state index in [-0.39, 0.29) is 16.9 Å². The van der Waals surface area contributed by atoms with Gasteiger partial charge in [-0.15, -0.1) is 0 Å². The van der Waals surface area contributed by atoms with Crippen LogP contribution in [-0.4, -0.2) is 33.5 Å². The standard InChI is InChI=1S/C29H29ClN4O5/c1-29(2,3)39-28(35)33(4)18-20-11-15-22(16-12-20)38-21-13-9-19(10-14-21)17-31-25-23-7-5-6-8-24(23)32-27(30)26(25)34(36)37/h5-16H,17-18H2,1-4H3,(H,31,32). The lowest BCUT2D eigenvalue weighted by Gasteiger charge is -2.24. The third-order valence-electron chi connectivity index (χ3n) is 5.68. The molecular weight excluding hydrogens is 520 g/mol. The maximum Gasteiger partial charge on any atom is 0.410 e. The van der Waals surface area contributed by atoms with Gasteiger partial charge in [-0.25, -0.2) is 9.78 Å². The molecule has 3 aromatic carbocycles. The van der Waals surface area contributed by atoms with E-state index in [4.69, 9.17) is 21.1 Å². The molecule has 0 radical (unpaired) electrons. The number of pyridine rings is 1. The topological polar surface area (TPSA) is 107 Å². The molecule has 10 heteroatoms. The second-order valence-corrected chi connectivity index (χ2v) is 10.3. The predicted octanol–water partition coefficient (Wildman–Crippen LogP) is 7.57. The van der Waals surface area contributed by atoms with Crippen LogP contribution in [0.3, 0.4) is 0 Å². The molecule has 1 aromatic heterocycles. The number of ether oxygens (including phenoxy) is 2. The summed E-state index contributed by atoms with van der Waals surface area (Å²) in [6.45, 7) is 6.24. The van der Waals surface area contributed by atoms with Crippen LogP contribution >= 0.6 is 11.6 Å². The van der Waals surface area contributed by atoms with E-state index >= 15 is 0 Å². The highest BCUT2D eigenvalue weighted by atomic mass is 35.5. The Hall–Kier alpha value is -4.37. The number of halogens is 1. The number of hydrogen-bond acceptors (Lipinski definition) is 7. The first-order valence-electron chi connectivity index (χ1n) is 12.3. The highest BCUT2D eigenvalue weighted by Crippen LogP contribution is 2.37. The lowest BCUT2D eigenvalue weighted by molar-refractivity contribution is -0.384. The van der Waals surface area contributed by atoms with Crippen LogP contribution in [0.2, 0.25) is 5.15 Å². The largest absolute Gasteiger partial charge is 0.457 e. The van der Waals surface area contributed by atoms with Gasteiger partial charge in [-0.05, 0) is 62.2 Å². The summed E-state index contributed by atoms with van der Waals surface area (Å²) in [6, 6.07) is 22.0. The van der Waals surface area contributed by atoms with Crippen molar-refractivity contribution in [3.8, 4) is 11.5 Å². The van der Waals surface area contributed by atoms with Crippen LogP contribution in [-0.2, 0) is 17.8 Å². The predicted molar refractivity (Wildman–Crippen MR) is 151 cm³/mol. The van der Waals surface area contributed by atoms with E-state index in [0.717, 1.165) is 11.1 Å². The van der Waals surface area contributed by atoms with Crippen molar-refractivity contribution in [2.24, 2.45) is 0 Å². The highest BCUT2D eigenvalue weighted by molar-refractivity contribution is 6.33. The van der Waals surface area contributed by atoms with Gasteiger partial charge >= 0.3 is 11.8 Å². The third-order valence-corrected chi connectivity index (χ3v) is 5.95. The molecular formula is C29H29ClN4O5. The molecule has 0 aliphatic heterocycles. The van der Waals surface area contributed by atoms with Crippen LogP contribution in [0.15, 0.2) is 72.8 Å². The minimum Gasteiger partial charge on any atom is -0.457 e. The first-order chi connectivity index (χ1) is 18.5. The number of anilines is 1. The summed E-state index contributed by atoms with van der Waals surface area (Å²) in [6.07, 6.45) is -0.382. The maximum atomic E-state index is 12.2. The summed E-state index contributed by atoms with van der Waals surface area (Å²) in [5.74, 6) is 1.29. The summed E-state index contributed by atoms with van der Waals surface area (Å²) in [4.78, 5) is 29.0. The van der Waals surface area contributed by atoms with Crippen LogP contribution in [0.25, 0.3) is 10.9 Å². The summed E-state index contributed by atoms with van der Waals surface area (Å²) in [5.41, 5.74) is 1.93. The van der Waals surface area contributed by atoms with Gasteiger partial charge in [-0.1, -0.05) is 54.1 Å². The third kappa shape index (κ3) is 7.14. The number of aromatic nitrogens is 1. The quantitative estimate of drug-likeness (QED) is 0.137. The van der Waals surface area contributed by atoms with E-state index < -0.39 is 10.5 Å². The molecule has 0 aliphatic rings. The molecule has 1 N–H and O–H groups in total. The zero-order chi connectivity index (χ0) is 28.2. The fourth-order valence-electron chi connectivity index (χ4n) is 3.86. The zero-order valence-electron chi connectivity index (χ0n) is 22.1. The van der Waals surface area contributed by atoms with Gasteiger partial charge in [0.05, 0.1) is 10.4 Å². The van der Waals surface area contributed by atoms with Crippen LogP contribution in [0.1, 0.15) is 31.9 Å². The van der Waals surface area contributed by atoms with E-state index in [9.17, 15) is 14.9 Å². The van der Waals surface area contributed by atoms with Gasteiger partial charge in [-0.3, -0.25) is 10.1 Å². The van der Waals surface area contributed by atoms with Gasteiger partial charge in [0.25, 0.3) is 0 Å². The van der Waals surface area contributed by atoms with Crippen molar-refractivity contribution in [2.75, 3.05) is 12.4 Å². The number of fused-ring (bicyclic) bond motifs is 1. The second kappa shape index (κ2) is 11.6. The molecule has 0 saturated heterocycles. The Labute approximate surface area is 231 Å². The minimum absolute atomic E-state index is 0.160. The van der Waals surface area contributed by atoms with Crippen LogP contribution in [0.5, 0.6) is 11.5 Å². The van der Waals surface area contributed by atoms with Gasteiger partial charge in [0.15, 0.2) is 0 Å². The number of carbonyl (C=O) groups excluding carboxylic acids is 1. The van der Waals surface area contributed by atoms with Gasteiger partial charge in [0.1, 0.15) is 22.8 Å². The number of nitrogens with one attached hydrogen (secondary N) is 1. The molecule has 202 valence electrons. The molecule has 0 spiro atoms. The van der Waals surface area contributed by atoms with Crippen LogP contribution in [0.4, 0.5) is 16.2 Å². The van der Waals surface area contributed by atoms with E-state index in [2.05, 4.69) is 10.3 Å². The molecule has 0 atom stereocenters. The molecule has 9 nitrogen and oxygen atoms in total. The number of carbonyl (C=O) groups is 1. The number of para-hydroxylation sites is 1. The molecule has 39 heavy (non-hydrogen) atoms. The first-order valence-corrected chi connectivity index (χ1v) is 12.6. The summed E-state index contributed by atoms with van der Waals surface area (Å²) in [5, 5.41) is 15.3. The molecule has 0 fully saturated rings. The molecule has 4 rings (SSSR count). The molecule has 1 amide bonds. The SMILES string of the molecule is CN(Cc1ccc(Oc2ccc(CNc3c([N+](=O)[O-])c(Cl)nc4ccccc34)cc2)cc1)C(=O)OC(C)(C)C. The number of rotatable bonds is 8. The van der Waals surface area contributed by atoms with Crippen molar-refractivity contribution in [1.29, 1.82) is 0 Å². The van der Waals surface area contributed by atoms with E-state index in [1.54, 1.807) is 31.3 Å². The molecule has 4 aromatic rings. The van der Waals surface area contributed by atoms with Crippen molar-refractivity contribution < 1.29 is 19.2 Å². The zero-order valence-corrected chi connectivity index (χ0v) is 22.9.